The van der Waals surface area contributed by atoms with Crippen LogP contribution in [0.2, 0.25) is 5.02 Å². The summed E-state index contributed by atoms with van der Waals surface area (Å²) in [4.78, 5) is 14.7. The summed E-state index contributed by atoms with van der Waals surface area (Å²) in [7, 11) is 0. The Morgan fingerprint density at radius 2 is 2.04 bits per heavy atom. The van der Waals surface area contributed by atoms with E-state index in [0.29, 0.717) is 18.2 Å². The molecular weight excluding hydrogens is 373 g/mol. The number of anilines is 2. The molecule has 2 N–H and O–H groups in total. The average molecular weight is 397 g/mol. The maximum Gasteiger partial charge on any atom is 0.228 e. The van der Waals surface area contributed by atoms with Crippen LogP contribution in [0.3, 0.4) is 0 Å². The van der Waals surface area contributed by atoms with Crippen molar-refractivity contribution < 1.29 is 9.53 Å². The van der Waals surface area contributed by atoms with Crippen LogP contribution in [0.1, 0.15) is 12.8 Å². The van der Waals surface area contributed by atoms with Gasteiger partial charge in [0.1, 0.15) is 0 Å². The molecule has 1 atom stereocenters. The first-order valence-corrected chi connectivity index (χ1v) is 8.26. The zero-order chi connectivity index (χ0) is 15.4. The molecule has 3 rings (SSSR count). The standard InChI is InChI=1S/C16H22ClN3O2.2ClH/c17-13-4-1-5-14(15(13)20-7-9-22-10-8-20)19-16(21)12-3-2-6-18-11-12;;/h1,4-5,12,18H,2-3,6-11H2,(H,19,21);2*1H. The molecule has 1 aromatic rings. The molecule has 0 aliphatic carbocycles. The van der Waals surface area contributed by atoms with Gasteiger partial charge in [0.15, 0.2) is 0 Å². The largest absolute Gasteiger partial charge is 0.378 e. The van der Waals surface area contributed by atoms with Crippen LogP contribution in [0.25, 0.3) is 0 Å². The first kappa shape index (κ1) is 21.3. The molecule has 0 spiro atoms. The summed E-state index contributed by atoms with van der Waals surface area (Å²) in [6.07, 6.45) is 1.98. The molecule has 5 nitrogen and oxygen atoms in total. The van der Waals surface area contributed by atoms with Crippen molar-refractivity contribution in [2.75, 3.05) is 49.6 Å². The molecule has 1 amide bonds. The summed E-state index contributed by atoms with van der Waals surface area (Å²) in [5.41, 5.74) is 1.70. The van der Waals surface area contributed by atoms with Crippen LogP contribution in [0.15, 0.2) is 18.2 Å². The fraction of sp³-hybridized carbons (Fsp3) is 0.562. The quantitative estimate of drug-likeness (QED) is 0.825. The maximum absolute atomic E-state index is 12.5. The number of hydrogen-bond donors (Lipinski definition) is 2. The number of morpholine rings is 1. The van der Waals surface area contributed by atoms with E-state index in [1.165, 1.54) is 0 Å². The lowest BCUT2D eigenvalue weighted by molar-refractivity contribution is -0.120. The highest BCUT2D eigenvalue weighted by atomic mass is 35.5. The lowest BCUT2D eigenvalue weighted by atomic mass is 9.98. The van der Waals surface area contributed by atoms with E-state index < -0.39 is 0 Å². The third kappa shape index (κ3) is 5.14. The van der Waals surface area contributed by atoms with Crippen LogP contribution in [0.4, 0.5) is 11.4 Å². The lowest BCUT2D eigenvalue weighted by Crippen LogP contribution is -2.39. The Balaban J connectivity index is 0.00000144. The number of ether oxygens (including phenoxy) is 1. The number of amides is 1. The van der Waals surface area contributed by atoms with Crippen molar-refractivity contribution in [3.8, 4) is 0 Å². The number of benzene rings is 1. The maximum atomic E-state index is 12.5. The molecule has 1 aromatic carbocycles. The van der Waals surface area contributed by atoms with Crippen molar-refractivity contribution >= 4 is 53.7 Å². The zero-order valence-electron chi connectivity index (χ0n) is 13.4. The highest BCUT2D eigenvalue weighted by molar-refractivity contribution is 6.34. The number of carbonyl (C=O) groups is 1. The SMILES string of the molecule is Cl.Cl.O=C(Nc1cccc(Cl)c1N1CCOCC1)C1CCCNC1. The molecule has 136 valence electrons. The zero-order valence-corrected chi connectivity index (χ0v) is 15.8. The highest BCUT2D eigenvalue weighted by Crippen LogP contribution is 2.34. The predicted molar refractivity (Wildman–Crippen MR) is 103 cm³/mol. The number of nitrogens with zero attached hydrogens (tertiary/aromatic N) is 1. The van der Waals surface area contributed by atoms with Crippen molar-refractivity contribution in [3.63, 3.8) is 0 Å². The first-order chi connectivity index (χ1) is 10.8. The lowest BCUT2D eigenvalue weighted by Gasteiger charge is -2.31. The van der Waals surface area contributed by atoms with Gasteiger partial charge in [-0.05, 0) is 31.5 Å². The van der Waals surface area contributed by atoms with Gasteiger partial charge in [0.2, 0.25) is 5.91 Å². The molecule has 0 aromatic heterocycles. The predicted octanol–water partition coefficient (Wildman–Crippen LogP) is 2.96. The molecule has 1 unspecified atom stereocenters. The summed E-state index contributed by atoms with van der Waals surface area (Å²) in [5.74, 6) is 0.106. The van der Waals surface area contributed by atoms with Crippen LogP contribution in [-0.2, 0) is 9.53 Å². The third-order valence-electron chi connectivity index (χ3n) is 4.24. The third-order valence-corrected chi connectivity index (χ3v) is 4.54. The summed E-state index contributed by atoms with van der Waals surface area (Å²) >= 11 is 6.39. The van der Waals surface area contributed by atoms with Crippen LogP contribution in [0.5, 0.6) is 0 Å². The monoisotopic (exact) mass is 395 g/mol. The van der Waals surface area contributed by atoms with E-state index >= 15 is 0 Å². The van der Waals surface area contributed by atoms with Gasteiger partial charge in [-0.15, -0.1) is 24.8 Å². The van der Waals surface area contributed by atoms with E-state index in [-0.39, 0.29) is 36.6 Å². The molecule has 0 bridgehead atoms. The molecule has 0 saturated carbocycles. The number of para-hydroxylation sites is 1. The van der Waals surface area contributed by atoms with Gasteiger partial charge >= 0.3 is 0 Å². The summed E-state index contributed by atoms with van der Waals surface area (Å²) in [6.45, 7) is 4.70. The van der Waals surface area contributed by atoms with Crippen molar-refractivity contribution in [1.29, 1.82) is 0 Å². The molecule has 2 heterocycles. The molecule has 24 heavy (non-hydrogen) atoms. The Kier molecular flexibility index (Phi) is 9.16. The van der Waals surface area contributed by atoms with E-state index in [9.17, 15) is 4.79 Å². The molecule has 2 saturated heterocycles. The number of rotatable bonds is 3. The van der Waals surface area contributed by atoms with Crippen molar-refractivity contribution in [2.24, 2.45) is 5.92 Å². The number of hydrogen-bond acceptors (Lipinski definition) is 4. The van der Waals surface area contributed by atoms with Gasteiger partial charge in [-0.3, -0.25) is 4.79 Å². The molecule has 2 aliphatic rings. The number of piperidine rings is 1. The van der Waals surface area contributed by atoms with E-state index in [4.69, 9.17) is 16.3 Å². The van der Waals surface area contributed by atoms with Gasteiger partial charge in [-0.2, -0.15) is 0 Å². The Morgan fingerprint density at radius 3 is 2.71 bits per heavy atom. The normalized spacial score (nSPS) is 20.5. The average Bonchev–Trinajstić information content (AvgIpc) is 2.56. The second kappa shape index (κ2) is 10.3. The minimum atomic E-state index is 0. The van der Waals surface area contributed by atoms with Gasteiger partial charge in [-0.1, -0.05) is 17.7 Å². The summed E-state index contributed by atoms with van der Waals surface area (Å²) in [6, 6.07) is 5.66. The first-order valence-electron chi connectivity index (χ1n) is 7.88. The van der Waals surface area contributed by atoms with E-state index in [1.807, 2.05) is 18.2 Å². The Labute approximate surface area is 160 Å². The topological polar surface area (TPSA) is 53.6 Å². The fourth-order valence-electron chi connectivity index (χ4n) is 3.03. The van der Waals surface area contributed by atoms with Crippen LogP contribution < -0.4 is 15.5 Å². The molecule has 8 heteroatoms. The van der Waals surface area contributed by atoms with Gasteiger partial charge in [-0.25, -0.2) is 0 Å². The fourth-order valence-corrected chi connectivity index (χ4v) is 3.33. The Morgan fingerprint density at radius 1 is 1.29 bits per heavy atom. The summed E-state index contributed by atoms with van der Waals surface area (Å²) in [5, 5.41) is 7.02. The molecule has 0 radical (unpaired) electrons. The van der Waals surface area contributed by atoms with Crippen LogP contribution in [0, 0.1) is 5.92 Å². The smallest absolute Gasteiger partial charge is 0.228 e. The highest BCUT2D eigenvalue weighted by Gasteiger charge is 2.24. The van der Waals surface area contributed by atoms with E-state index in [2.05, 4.69) is 15.5 Å². The Bertz CT molecular complexity index is 533. The number of nitrogens with one attached hydrogen (secondary N) is 2. The second-order valence-electron chi connectivity index (χ2n) is 5.77. The van der Waals surface area contributed by atoms with Crippen molar-refractivity contribution in [1.82, 2.24) is 5.32 Å². The van der Waals surface area contributed by atoms with Gasteiger partial charge in [0.05, 0.1) is 35.5 Å². The minimum Gasteiger partial charge on any atom is -0.378 e. The van der Waals surface area contributed by atoms with Gasteiger partial charge in [0.25, 0.3) is 0 Å². The van der Waals surface area contributed by atoms with Crippen molar-refractivity contribution in [3.05, 3.63) is 23.2 Å². The minimum absolute atomic E-state index is 0. The van der Waals surface area contributed by atoms with Crippen LogP contribution >= 0.6 is 36.4 Å². The Hall–Kier alpha value is -0.720. The molecular formula is C16H24Cl3N3O2. The van der Waals surface area contributed by atoms with E-state index in [0.717, 1.165) is 50.4 Å². The van der Waals surface area contributed by atoms with Gasteiger partial charge in [0, 0.05) is 19.6 Å². The van der Waals surface area contributed by atoms with Gasteiger partial charge < -0.3 is 20.3 Å². The number of halogens is 3. The van der Waals surface area contributed by atoms with Crippen molar-refractivity contribution in [2.45, 2.75) is 12.8 Å². The molecule has 2 fully saturated rings. The molecule has 2 aliphatic heterocycles. The number of carbonyl (C=O) groups excluding carboxylic acids is 1. The van der Waals surface area contributed by atoms with Crippen LogP contribution in [-0.4, -0.2) is 45.3 Å². The second-order valence-corrected chi connectivity index (χ2v) is 6.18. The summed E-state index contributed by atoms with van der Waals surface area (Å²) < 4.78 is 5.40. The van der Waals surface area contributed by atoms with E-state index in [1.54, 1.807) is 0 Å².